The van der Waals surface area contributed by atoms with Gasteiger partial charge in [-0.15, -0.1) is 0 Å². The average molecular weight is 530 g/mol. The Hall–Kier alpha value is -3.43. The molecule has 0 bridgehead atoms. The number of hydrogen-bond acceptors (Lipinski definition) is 6. The lowest BCUT2D eigenvalue weighted by molar-refractivity contribution is 0.0680. The van der Waals surface area contributed by atoms with Crippen molar-refractivity contribution in [3.05, 3.63) is 89.2 Å². The molecule has 0 unspecified atom stereocenters. The number of rotatable bonds is 10. The Morgan fingerprint density at radius 2 is 1.57 bits per heavy atom. The fourth-order valence-electron chi connectivity index (χ4n) is 3.62. The first-order valence-electron chi connectivity index (χ1n) is 11.7. The first kappa shape index (κ1) is 28.1. The van der Waals surface area contributed by atoms with Crippen molar-refractivity contribution in [3.8, 4) is 11.5 Å². The van der Waals surface area contributed by atoms with E-state index < -0.39 is 15.9 Å². The van der Waals surface area contributed by atoms with Crippen molar-refractivity contribution in [2.24, 2.45) is 0 Å². The minimum atomic E-state index is -4.24. The van der Waals surface area contributed by atoms with Gasteiger partial charge in [-0.05, 0) is 65.1 Å². The highest BCUT2D eigenvalue weighted by Gasteiger charge is 2.22. The summed E-state index contributed by atoms with van der Waals surface area (Å²) in [5, 5.41) is 0. The largest absolute Gasteiger partial charge is 0.493 e. The van der Waals surface area contributed by atoms with Crippen LogP contribution in [0, 0.1) is 5.82 Å². The van der Waals surface area contributed by atoms with Gasteiger partial charge in [-0.2, -0.15) is 8.42 Å². The number of carbonyl (C=O) groups excluding carboxylic acids is 1. The Kier molecular flexibility index (Phi) is 8.94. The molecular formula is C28H32FNO6S. The van der Waals surface area contributed by atoms with Crippen LogP contribution in [0.15, 0.2) is 71.6 Å². The van der Waals surface area contributed by atoms with Crippen molar-refractivity contribution < 1.29 is 31.3 Å². The Bertz CT molecular complexity index is 1320. The van der Waals surface area contributed by atoms with Gasteiger partial charge in [0.2, 0.25) is 0 Å². The molecule has 198 valence electrons. The minimum Gasteiger partial charge on any atom is -0.493 e. The Labute approximate surface area is 217 Å². The summed E-state index contributed by atoms with van der Waals surface area (Å²) in [6, 6.07) is 16.6. The Morgan fingerprint density at radius 1 is 0.919 bits per heavy atom. The number of benzene rings is 3. The summed E-state index contributed by atoms with van der Waals surface area (Å²) in [5.41, 5.74) is 2.24. The van der Waals surface area contributed by atoms with Gasteiger partial charge in [0.1, 0.15) is 10.7 Å². The summed E-state index contributed by atoms with van der Waals surface area (Å²) in [7, 11) is -1.30. The molecule has 1 amide bonds. The minimum absolute atomic E-state index is 0.0366. The number of nitrogens with zero attached hydrogens (tertiary/aromatic N) is 1. The lowest BCUT2D eigenvalue weighted by Gasteiger charge is -2.24. The molecule has 0 saturated carbocycles. The molecule has 37 heavy (non-hydrogen) atoms. The third kappa shape index (κ3) is 7.30. The van der Waals surface area contributed by atoms with Gasteiger partial charge >= 0.3 is 10.1 Å². The number of amides is 1. The van der Waals surface area contributed by atoms with Gasteiger partial charge in [0, 0.05) is 25.8 Å². The number of ether oxygens (including phenoxy) is 2. The topological polar surface area (TPSA) is 82.1 Å². The average Bonchev–Trinajstić information content (AvgIpc) is 2.86. The van der Waals surface area contributed by atoms with Crippen molar-refractivity contribution in [2.75, 3.05) is 27.4 Å². The molecular weight excluding hydrogens is 497 g/mol. The van der Waals surface area contributed by atoms with Crippen LogP contribution in [0.2, 0.25) is 0 Å². The van der Waals surface area contributed by atoms with E-state index in [4.69, 9.17) is 13.7 Å². The molecule has 7 nitrogen and oxygen atoms in total. The molecule has 0 spiro atoms. The van der Waals surface area contributed by atoms with Crippen LogP contribution in [-0.4, -0.2) is 46.6 Å². The maximum atomic E-state index is 13.4. The fraction of sp³-hybridized carbons (Fsp3) is 0.321. The highest BCUT2D eigenvalue weighted by molar-refractivity contribution is 7.87. The standard InChI is InChI=1S/C28H32FNO6S/c1-28(2,3)22-9-7-21(8-10-22)27(31)30(16-17-34-4)19-20-6-15-25(35-5)26(18-20)36-37(32,33)24-13-11-23(29)12-14-24/h6-15,18H,16-17,19H2,1-5H3. The van der Waals surface area contributed by atoms with Gasteiger partial charge in [0.05, 0.1) is 13.7 Å². The molecule has 3 aromatic rings. The van der Waals surface area contributed by atoms with Gasteiger partial charge in [-0.25, -0.2) is 4.39 Å². The number of hydrogen-bond donors (Lipinski definition) is 0. The smallest absolute Gasteiger partial charge is 0.339 e. The van der Waals surface area contributed by atoms with E-state index in [0.29, 0.717) is 24.3 Å². The molecule has 0 aliphatic heterocycles. The molecule has 0 heterocycles. The molecule has 0 aromatic heterocycles. The van der Waals surface area contributed by atoms with Crippen molar-refractivity contribution in [3.63, 3.8) is 0 Å². The quantitative estimate of drug-likeness (QED) is 0.336. The Balaban J connectivity index is 1.87. The first-order chi connectivity index (χ1) is 17.4. The summed E-state index contributed by atoms with van der Waals surface area (Å²) >= 11 is 0. The molecule has 3 rings (SSSR count). The van der Waals surface area contributed by atoms with E-state index in [-0.39, 0.29) is 34.3 Å². The van der Waals surface area contributed by atoms with E-state index >= 15 is 0 Å². The van der Waals surface area contributed by atoms with Crippen LogP contribution in [-0.2, 0) is 26.8 Å². The molecule has 0 N–H and O–H groups in total. The number of halogens is 1. The zero-order valence-corrected chi connectivity index (χ0v) is 22.5. The molecule has 0 radical (unpaired) electrons. The molecule has 0 aliphatic carbocycles. The van der Waals surface area contributed by atoms with Gasteiger partial charge in [-0.1, -0.05) is 39.0 Å². The van der Waals surface area contributed by atoms with Gasteiger partial charge in [-0.3, -0.25) is 4.79 Å². The summed E-state index contributed by atoms with van der Waals surface area (Å²) in [5.74, 6) is -0.595. The van der Waals surface area contributed by atoms with Crippen molar-refractivity contribution >= 4 is 16.0 Å². The highest BCUT2D eigenvalue weighted by Crippen LogP contribution is 2.31. The zero-order valence-electron chi connectivity index (χ0n) is 21.7. The van der Waals surface area contributed by atoms with Gasteiger partial charge < -0.3 is 18.6 Å². The van der Waals surface area contributed by atoms with E-state index in [2.05, 4.69) is 20.8 Å². The third-order valence-electron chi connectivity index (χ3n) is 5.75. The maximum absolute atomic E-state index is 13.4. The molecule has 0 saturated heterocycles. The van der Waals surface area contributed by atoms with Crippen LogP contribution in [0.1, 0.15) is 42.3 Å². The second-order valence-corrected chi connectivity index (χ2v) is 11.1. The molecule has 0 aliphatic rings. The van der Waals surface area contributed by atoms with Gasteiger partial charge in [0.25, 0.3) is 5.91 Å². The van der Waals surface area contributed by atoms with Crippen LogP contribution >= 0.6 is 0 Å². The lowest BCUT2D eigenvalue weighted by Crippen LogP contribution is -2.33. The van der Waals surface area contributed by atoms with Crippen molar-refractivity contribution in [1.82, 2.24) is 4.90 Å². The van der Waals surface area contributed by atoms with Crippen LogP contribution < -0.4 is 8.92 Å². The summed E-state index contributed by atoms with van der Waals surface area (Å²) < 4.78 is 54.6. The molecule has 9 heteroatoms. The van der Waals surface area contributed by atoms with Crippen molar-refractivity contribution in [2.45, 2.75) is 37.6 Å². The molecule has 0 atom stereocenters. The predicted molar refractivity (Wildman–Crippen MR) is 139 cm³/mol. The molecule has 0 fully saturated rings. The van der Waals surface area contributed by atoms with Gasteiger partial charge in [0.15, 0.2) is 11.5 Å². The van der Waals surface area contributed by atoms with E-state index in [0.717, 1.165) is 29.8 Å². The summed E-state index contributed by atoms with van der Waals surface area (Å²) in [4.78, 5) is 14.8. The van der Waals surface area contributed by atoms with Crippen LogP contribution in [0.5, 0.6) is 11.5 Å². The number of methoxy groups -OCH3 is 2. The zero-order chi connectivity index (χ0) is 27.2. The summed E-state index contributed by atoms with van der Waals surface area (Å²) in [6.07, 6.45) is 0. The second-order valence-electron chi connectivity index (χ2n) is 9.52. The lowest BCUT2D eigenvalue weighted by atomic mass is 9.86. The summed E-state index contributed by atoms with van der Waals surface area (Å²) in [6.45, 7) is 7.15. The fourth-order valence-corrected chi connectivity index (χ4v) is 4.55. The predicted octanol–water partition coefficient (Wildman–Crippen LogP) is 5.19. The normalized spacial score (nSPS) is 11.7. The SMILES string of the molecule is COCCN(Cc1ccc(OC)c(OS(=O)(=O)c2ccc(F)cc2)c1)C(=O)c1ccc(C(C)(C)C)cc1. The van der Waals surface area contributed by atoms with E-state index in [1.165, 1.54) is 13.2 Å². The van der Waals surface area contributed by atoms with E-state index in [9.17, 15) is 17.6 Å². The van der Waals surface area contributed by atoms with E-state index in [1.54, 1.807) is 36.3 Å². The van der Waals surface area contributed by atoms with Crippen LogP contribution in [0.3, 0.4) is 0 Å². The molecule has 3 aromatic carbocycles. The van der Waals surface area contributed by atoms with Crippen molar-refractivity contribution in [1.29, 1.82) is 0 Å². The second kappa shape index (κ2) is 11.7. The van der Waals surface area contributed by atoms with Crippen LogP contribution in [0.4, 0.5) is 4.39 Å². The highest BCUT2D eigenvalue weighted by atomic mass is 32.2. The Morgan fingerprint density at radius 3 is 2.14 bits per heavy atom. The maximum Gasteiger partial charge on any atom is 0.339 e. The first-order valence-corrected chi connectivity index (χ1v) is 13.1. The van der Waals surface area contributed by atoms with Crippen LogP contribution in [0.25, 0.3) is 0 Å². The third-order valence-corrected chi connectivity index (χ3v) is 7.00. The van der Waals surface area contributed by atoms with E-state index in [1.807, 2.05) is 12.1 Å². The number of carbonyl (C=O) groups is 1. The monoisotopic (exact) mass is 529 g/mol.